The fraction of sp³-hybridized carbons (Fsp3) is 0.0476. The summed E-state index contributed by atoms with van der Waals surface area (Å²) in [4.78, 5) is 1.74. The highest BCUT2D eigenvalue weighted by molar-refractivity contribution is 9.11. The molecule has 3 aromatic carbocycles. The van der Waals surface area contributed by atoms with Crippen molar-refractivity contribution in [1.29, 1.82) is 0 Å². The molecule has 7 heteroatoms. The zero-order chi connectivity index (χ0) is 19.7. The van der Waals surface area contributed by atoms with Gasteiger partial charge in [0, 0.05) is 17.3 Å². The van der Waals surface area contributed by atoms with Crippen molar-refractivity contribution in [1.82, 2.24) is 0 Å². The first kappa shape index (κ1) is 18.2. The number of aliphatic hydroxyl groups is 1. The van der Waals surface area contributed by atoms with Gasteiger partial charge in [0.15, 0.2) is 6.23 Å². The highest BCUT2D eigenvalue weighted by atomic mass is 79.9. The maximum absolute atomic E-state index is 10.9. The standard InChI is InChI=1S/C21H16BrN3O3/c22-19-20(24-23-13-5-4-8-15(26)11-13)17-12-16(27)9-10-18(17)25(21(19)28)14-6-2-1-3-7-14/h1-12,21,26-28H. The van der Waals surface area contributed by atoms with Gasteiger partial charge in [-0.25, -0.2) is 0 Å². The number of phenols is 2. The Morgan fingerprint density at radius 2 is 1.57 bits per heavy atom. The van der Waals surface area contributed by atoms with Gasteiger partial charge in [-0.15, -0.1) is 5.11 Å². The number of rotatable bonds is 3. The van der Waals surface area contributed by atoms with Crippen molar-refractivity contribution >= 4 is 38.7 Å². The molecule has 28 heavy (non-hydrogen) atoms. The lowest BCUT2D eigenvalue weighted by molar-refractivity contribution is 0.225. The first-order chi connectivity index (χ1) is 13.5. The Balaban J connectivity index is 1.84. The van der Waals surface area contributed by atoms with Gasteiger partial charge >= 0.3 is 0 Å². The molecule has 3 aromatic rings. The smallest absolute Gasteiger partial charge is 0.166 e. The van der Waals surface area contributed by atoms with E-state index < -0.39 is 6.23 Å². The quantitative estimate of drug-likeness (QED) is 0.477. The molecule has 0 saturated carbocycles. The second-order valence-electron chi connectivity index (χ2n) is 6.20. The number of aliphatic hydroxyl groups excluding tert-OH is 1. The van der Waals surface area contributed by atoms with E-state index in [2.05, 4.69) is 26.2 Å². The molecular formula is C21H16BrN3O3. The summed E-state index contributed by atoms with van der Waals surface area (Å²) in [5.74, 6) is 0.162. The minimum atomic E-state index is -1.02. The van der Waals surface area contributed by atoms with E-state index in [4.69, 9.17) is 0 Å². The summed E-state index contributed by atoms with van der Waals surface area (Å²) in [5.41, 5.74) is 2.96. The van der Waals surface area contributed by atoms with Gasteiger partial charge in [0.05, 0.1) is 15.9 Å². The van der Waals surface area contributed by atoms with Crippen LogP contribution in [0.1, 0.15) is 5.56 Å². The van der Waals surface area contributed by atoms with Crippen LogP contribution in [0.25, 0.3) is 5.70 Å². The largest absolute Gasteiger partial charge is 0.508 e. The molecule has 6 nitrogen and oxygen atoms in total. The molecule has 3 N–H and O–H groups in total. The number of nitrogens with zero attached hydrogens (tertiary/aromatic N) is 3. The van der Waals surface area contributed by atoms with E-state index in [-0.39, 0.29) is 11.5 Å². The number of benzene rings is 3. The fourth-order valence-electron chi connectivity index (χ4n) is 3.05. The number of anilines is 2. The maximum Gasteiger partial charge on any atom is 0.166 e. The maximum atomic E-state index is 10.9. The van der Waals surface area contributed by atoms with Gasteiger partial charge in [-0.1, -0.05) is 24.3 Å². The second-order valence-corrected chi connectivity index (χ2v) is 7.05. The van der Waals surface area contributed by atoms with Gasteiger partial charge in [0.25, 0.3) is 0 Å². The number of hydrogen-bond donors (Lipinski definition) is 3. The zero-order valence-corrected chi connectivity index (χ0v) is 16.2. The molecule has 140 valence electrons. The highest BCUT2D eigenvalue weighted by Gasteiger charge is 2.32. The normalized spacial score (nSPS) is 16.5. The summed E-state index contributed by atoms with van der Waals surface area (Å²) in [6.45, 7) is 0. The average Bonchev–Trinajstić information content (AvgIpc) is 2.70. The van der Waals surface area contributed by atoms with Crippen molar-refractivity contribution in [3.63, 3.8) is 0 Å². The van der Waals surface area contributed by atoms with Crippen molar-refractivity contribution in [2.75, 3.05) is 4.90 Å². The van der Waals surface area contributed by atoms with E-state index >= 15 is 0 Å². The molecule has 0 amide bonds. The van der Waals surface area contributed by atoms with Gasteiger partial charge in [-0.2, -0.15) is 5.11 Å². The fourth-order valence-corrected chi connectivity index (χ4v) is 3.55. The summed E-state index contributed by atoms with van der Waals surface area (Å²) < 4.78 is 0.415. The molecule has 0 saturated heterocycles. The van der Waals surface area contributed by atoms with Gasteiger partial charge in [0.2, 0.25) is 0 Å². The van der Waals surface area contributed by atoms with E-state index in [1.165, 1.54) is 6.07 Å². The molecule has 0 aliphatic carbocycles. The molecule has 1 atom stereocenters. The first-order valence-corrected chi connectivity index (χ1v) is 9.30. The average molecular weight is 438 g/mol. The van der Waals surface area contributed by atoms with Gasteiger partial charge in [0.1, 0.15) is 17.2 Å². The number of phenolic OH excluding ortho intramolecular Hbond substituents is 2. The lowest BCUT2D eigenvalue weighted by atomic mass is 10.0. The monoisotopic (exact) mass is 437 g/mol. The molecule has 0 radical (unpaired) electrons. The van der Waals surface area contributed by atoms with E-state index in [9.17, 15) is 15.3 Å². The number of azo groups is 1. The third-order valence-corrected chi connectivity index (χ3v) is 5.11. The van der Waals surface area contributed by atoms with Crippen LogP contribution in [-0.4, -0.2) is 21.5 Å². The van der Waals surface area contributed by atoms with E-state index in [1.807, 2.05) is 30.3 Å². The van der Waals surface area contributed by atoms with Crippen LogP contribution in [0.2, 0.25) is 0 Å². The van der Waals surface area contributed by atoms with Crippen LogP contribution in [-0.2, 0) is 0 Å². The Morgan fingerprint density at radius 1 is 0.821 bits per heavy atom. The Labute approximate surface area is 169 Å². The molecule has 0 spiro atoms. The number of aromatic hydroxyl groups is 2. The Kier molecular flexibility index (Phi) is 4.85. The van der Waals surface area contributed by atoms with Crippen LogP contribution in [0.3, 0.4) is 0 Å². The Hall–Kier alpha value is -3.16. The van der Waals surface area contributed by atoms with Gasteiger partial charge < -0.3 is 20.2 Å². The summed E-state index contributed by atoms with van der Waals surface area (Å²) >= 11 is 3.44. The molecule has 1 aliphatic heterocycles. The molecule has 0 fully saturated rings. The molecule has 4 rings (SSSR count). The minimum Gasteiger partial charge on any atom is -0.508 e. The van der Waals surface area contributed by atoms with Crippen LogP contribution < -0.4 is 4.90 Å². The Bertz CT molecular complexity index is 1080. The zero-order valence-electron chi connectivity index (χ0n) is 14.6. The topological polar surface area (TPSA) is 88.7 Å². The van der Waals surface area contributed by atoms with Crippen molar-refractivity contribution in [3.8, 4) is 11.5 Å². The second kappa shape index (κ2) is 7.46. The molecule has 1 heterocycles. The van der Waals surface area contributed by atoms with Crippen molar-refractivity contribution in [2.45, 2.75) is 6.23 Å². The van der Waals surface area contributed by atoms with Gasteiger partial charge in [-0.3, -0.25) is 0 Å². The Morgan fingerprint density at radius 3 is 2.32 bits per heavy atom. The van der Waals surface area contributed by atoms with E-state index in [0.717, 1.165) is 5.69 Å². The van der Waals surface area contributed by atoms with Gasteiger partial charge in [-0.05, 0) is 58.4 Å². The SMILES string of the molecule is Oc1cccc(N=NC2=C(Br)C(O)N(c3ccccc3)c3ccc(O)cc32)c1. The van der Waals surface area contributed by atoms with Crippen molar-refractivity contribution in [2.24, 2.45) is 10.2 Å². The van der Waals surface area contributed by atoms with Crippen LogP contribution in [0.5, 0.6) is 11.5 Å². The molecule has 0 bridgehead atoms. The van der Waals surface area contributed by atoms with Crippen LogP contribution >= 0.6 is 15.9 Å². The molecular weight excluding hydrogens is 422 g/mol. The number of halogens is 1. The van der Waals surface area contributed by atoms with Crippen LogP contribution in [0.4, 0.5) is 17.1 Å². The van der Waals surface area contributed by atoms with Crippen molar-refractivity contribution < 1.29 is 15.3 Å². The van der Waals surface area contributed by atoms with Crippen LogP contribution in [0.15, 0.2) is 87.5 Å². The number of fused-ring (bicyclic) bond motifs is 1. The summed E-state index contributed by atoms with van der Waals surface area (Å²) in [5, 5.41) is 39.0. The lowest BCUT2D eigenvalue weighted by Gasteiger charge is -2.35. The van der Waals surface area contributed by atoms with E-state index in [0.29, 0.717) is 27.1 Å². The summed E-state index contributed by atoms with van der Waals surface area (Å²) in [6, 6.07) is 20.7. The molecule has 0 aromatic heterocycles. The summed E-state index contributed by atoms with van der Waals surface area (Å²) in [7, 11) is 0. The third-order valence-electron chi connectivity index (χ3n) is 4.32. The predicted molar refractivity (Wildman–Crippen MR) is 111 cm³/mol. The third kappa shape index (κ3) is 3.37. The lowest BCUT2D eigenvalue weighted by Crippen LogP contribution is -2.34. The molecule has 1 aliphatic rings. The van der Waals surface area contributed by atoms with Crippen LogP contribution in [0, 0.1) is 0 Å². The first-order valence-electron chi connectivity index (χ1n) is 8.51. The predicted octanol–water partition coefficient (Wildman–Crippen LogP) is 5.42. The molecule has 1 unspecified atom stereocenters. The minimum absolute atomic E-state index is 0.0773. The summed E-state index contributed by atoms with van der Waals surface area (Å²) in [6.07, 6.45) is -1.02. The highest BCUT2D eigenvalue weighted by Crippen LogP contribution is 2.45. The number of hydrogen-bond acceptors (Lipinski definition) is 6. The van der Waals surface area contributed by atoms with Crippen molar-refractivity contribution in [3.05, 3.63) is 82.8 Å². The number of para-hydroxylation sites is 1. The van der Waals surface area contributed by atoms with E-state index in [1.54, 1.807) is 41.3 Å².